The van der Waals surface area contributed by atoms with Gasteiger partial charge in [-0.05, 0) is 43.9 Å². The van der Waals surface area contributed by atoms with Crippen molar-refractivity contribution in [1.82, 2.24) is 20.9 Å². The summed E-state index contributed by atoms with van der Waals surface area (Å²) >= 11 is 0. The first-order valence-electron chi connectivity index (χ1n) is 11.5. The van der Waals surface area contributed by atoms with Gasteiger partial charge >= 0.3 is 0 Å². The number of benzene rings is 1. The molecule has 1 aromatic rings. The third kappa shape index (κ3) is 8.26. The summed E-state index contributed by atoms with van der Waals surface area (Å²) in [6.07, 6.45) is 6.06. The SMILES string of the molecule is CCCCNC(=O)c1ccc(CN=C(NCC)NCC2(C(=O)N(C)C)CCCC2)cc1.I. The molecule has 0 bridgehead atoms. The van der Waals surface area contributed by atoms with Gasteiger partial charge in [0.25, 0.3) is 5.91 Å². The summed E-state index contributed by atoms with van der Waals surface area (Å²) in [6.45, 7) is 6.67. The number of amides is 2. The molecule has 0 atom stereocenters. The number of aliphatic imine (C=N–C) groups is 1. The topological polar surface area (TPSA) is 85.8 Å². The fraction of sp³-hybridized carbons (Fsp3) is 0.625. The van der Waals surface area contributed by atoms with E-state index in [1.807, 2.05) is 45.3 Å². The van der Waals surface area contributed by atoms with E-state index in [1.165, 1.54) is 0 Å². The highest BCUT2D eigenvalue weighted by molar-refractivity contribution is 14.0. The van der Waals surface area contributed by atoms with Crippen LogP contribution in [0.15, 0.2) is 29.3 Å². The first kappa shape index (κ1) is 28.2. The van der Waals surface area contributed by atoms with E-state index in [2.05, 4.69) is 27.9 Å². The van der Waals surface area contributed by atoms with Crippen LogP contribution in [0.5, 0.6) is 0 Å². The molecular weight excluding hydrogens is 517 g/mol. The summed E-state index contributed by atoms with van der Waals surface area (Å²) in [6, 6.07) is 7.57. The van der Waals surface area contributed by atoms with Gasteiger partial charge in [0.2, 0.25) is 5.91 Å². The minimum Gasteiger partial charge on any atom is -0.357 e. The summed E-state index contributed by atoms with van der Waals surface area (Å²) in [5, 5.41) is 9.60. The van der Waals surface area contributed by atoms with Gasteiger partial charge in [-0.3, -0.25) is 9.59 Å². The van der Waals surface area contributed by atoms with Crippen molar-refractivity contribution < 1.29 is 9.59 Å². The number of nitrogens with zero attached hydrogens (tertiary/aromatic N) is 2. The predicted molar refractivity (Wildman–Crippen MR) is 142 cm³/mol. The predicted octanol–water partition coefficient (Wildman–Crippen LogP) is 3.54. The number of nitrogens with one attached hydrogen (secondary N) is 3. The largest absolute Gasteiger partial charge is 0.357 e. The van der Waals surface area contributed by atoms with Gasteiger partial charge < -0.3 is 20.9 Å². The normalized spacial score (nSPS) is 14.9. The van der Waals surface area contributed by atoms with Crippen LogP contribution in [-0.4, -0.2) is 56.4 Å². The maximum atomic E-state index is 12.8. The maximum absolute atomic E-state index is 12.8. The van der Waals surface area contributed by atoms with Crippen molar-refractivity contribution >= 4 is 41.8 Å². The van der Waals surface area contributed by atoms with Crippen molar-refractivity contribution in [1.29, 1.82) is 0 Å². The highest BCUT2D eigenvalue weighted by Crippen LogP contribution is 2.38. The number of hydrogen-bond donors (Lipinski definition) is 3. The first-order chi connectivity index (χ1) is 14.9. The fourth-order valence-corrected chi connectivity index (χ4v) is 4.00. The van der Waals surface area contributed by atoms with E-state index < -0.39 is 0 Å². The summed E-state index contributed by atoms with van der Waals surface area (Å²) in [5.74, 6) is 0.869. The average molecular weight is 558 g/mol. The van der Waals surface area contributed by atoms with Crippen LogP contribution in [0.1, 0.15) is 68.3 Å². The van der Waals surface area contributed by atoms with E-state index >= 15 is 0 Å². The Balaban J connectivity index is 0.00000512. The Bertz CT molecular complexity index is 743. The van der Waals surface area contributed by atoms with Crippen LogP contribution in [0.3, 0.4) is 0 Å². The van der Waals surface area contributed by atoms with Gasteiger partial charge in [-0.15, -0.1) is 24.0 Å². The van der Waals surface area contributed by atoms with Gasteiger partial charge in [0.15, 0.2) is 5.96 Å². The molecule has 3 N–H and O–H groups in total. The lowest BCUT2D eigenvalue weighted by Gasteiger charge is -2.31. The molecule has 0 spiro atoms. The molecule has 1 fully saturated rings. The number of carbonyl (C=O) groups excluding carboxylic acids is 2. The van der Waals surface area contributed by atoms with Crippen LogP contribution >= 0.6 is 24.0 Å². The molecule has 0 heterocycles. The Kier molecular flexibility index (Phi) is 12.6. The first-order valence-corrected chi connectivity index (χ1v) is 11.5. The molecule has 32 heavy (non-hydrogen) atoms. The molecule has 180 valence electrons. The molecule has 0 aromatic heterocycles. The van der Waals surface area contributed by atoms with Crippen molar-refractivity contribution in [3.63, 3.8) is 0 Å². The smallest absolute Gasteiger partial charge is 0.251 e. The number of hydrogen-bond acceptors (Lipinski definition) is 3. The highest BCUT2D eigenvalue weighted by atomic mass is 127. The van der Waals surface area contributed by atoms with Gasteiger partial charge in [0.05, 0.1) is 12.0 Å². The summed E-state index contributed by atoms with van der Waals surface area (Å²) < 4.78 is 0. The summed E-state index contributed by atoms with van der Waals surface area (Å²) in [7, 11) is 3.66. The minimum atomic E-state index is -0.341. The Morgan fingerprint density at radius 2 is 1.69 bits per heavy atom. The molecular formula is C24H40IN5O2. The van der Waals surface area contributed by atoms with Gasteiger partial charge in [-0.1, -0.05) is 38.3 Å². The number of guanidine groups is 1. The standard InChI is InChI=1S/C24H39N5O2.HI/c1-5-7-16-26-21(30)20-12-10-19(11-13-20)17-27-23(25-6-2)28-18-24(14-8-9-15-24)22(31)29(3)4;/h10-13H,5-9,14-18H2,1-4H3,(H,26,30)(H2,25,27,28);1H. The van der Waals surface area contributed by atoms with Crippen LogP contribution in [0.4, 0.5) is 0 Å². The van der Waals surface area contributed by atoms with Crippen molar-refractivity contribution in [2.75, 3.05) is 33.7 Å². The highest BCUT2D eigenvalue weighted by Gasteiger charge is 2.42. The van der Waals surface area contributed by atoms with Gasteiger partial charge in [-0.25, -0.2) is 4.99 Å². The molecule has 2 amide bonds. The van der Waals surface area contributed by atoms with Crippen molar-refractivity contribution in [3.8, 4) is 0 Å². The number of halogens is 1. The Morgan fingerprint density at radius 3 is 2.25 bits per heavy atom. The quantitative estimate of drug-likeness (QED) is 0.178. The van der Waals surface area contributed by atoms with E-state index in [9.17, 15) is 9.59 Å². The van der Waals surface area contributed by atoms with Gasteiger partial charge in [0.1, 0.15) is 0 Å². The van der Waals surface area contributed by atoms with Crippen LogP contribution in [-0.2, 0) is 11.3 Å². The molecule has 7 nitrogen and oxygen atoms in total. The molecule has 1 aliphatic rings. The average Bonchev–Trinajstić information content (AvgIpc) is 3.25. The Labute approximate surface area is 210 Å². The van der Waals surface area contributed by atoms with E-state index in [0.29, 0.717) is 31.2 Å². The third-order valence-corrected chi connectivity index (χ3v) is 5.81. The fourth-order valence-electron chi connectivity index (χ4n) is 4.00. The molecule has 0 saturated heterocycles. The zero-order chi connectivity index (χ0) is 22.7. The third-order valence-electron chi connectivity index (χ3n) is 5.81. The monoisotopic (exact) mass is 557 g/mol. The lowest BCUT2D eigenvalue weighted by molar-refractivity contribution is -0.138. The second-order valence-corrected chi connectivity index (χ2v) is 8.54. The molecule has 0 unspecified atom stereocenters. The molecule has 1 aromatic carbocycles. The second kappa shape index (κ2) is 14.3. The van der Waals surface area contributed by atoms with Crippen molar-refractivity contribution in [2.24, 2.45) is 10.4 Å². The zero-order valence-electron chi connectivity index (χ0n) is 20.0. The Morgan fingerprint density at radius 1 is 1.03 bits per heavy atom. The summed E-state index contributed by atoms with van der Waals surface area (Å²) in [5.41, 5.74) is 1.36. The number of carbonyl (C=O) groups is 2. The van der Waals surface area contributed by atoms with E-state index in [-0.39, 0.29) is 41.2 Å². The molecule has 2 rings (SSSR count). The van der Waals surface area contributed by atoms with Crippen molar-refractivity contribution in [2.45, 2.75) is 58.9 Å². The van der Waals surface area contributed by atoms with Crippen LogP contribution < -0.4 is 16.0 Å². The van der Waals surface area contributed by atoms with Crippen LogP contribution in [0.2, 0.25) is 0 Å². The molecule has 8 heteroatoms. The van der Waals surface area contributed by atoms with Crippen molar-refractivity contribution in [3.05, 3.63) is 35.4 Å². The summed E-state index contributed by atoms with van der Waals surface area (Å²) in [4.78, 5) is 31.3. The van der Waals surface area contributed by atoms with Gasteiger partial charge in [-0.2, -0.15) is 0 Å². The maximum Gasteiger partial charge on any atom is 0.251 e. The molecule has 1 aliphatic carbocycles. The zero-order valence-corrected chi connectivity index (χ0v) is 22.3. The number of unbranched alkanes of at least 4 members (excludes halogenated alkanes) is 1. The van der Waals surface area contributed by atoms with E-state index in [0.717, 1.165) is 50.6 Å². The van der Waals surface area contributed by atoms with E-state index in [4.69, 9.17) is 0 Å². The van der Waals surface area contributed by atoms with Crippen LogP contribution in [0, 0.1) is 5.41 Å². The van der Waals surface area contributed by atoms with Gasteiger partial charge in [0, 0.05) is 39.3 Å². The Hall–Kier alpha value is -1.84. The minimum absolute atomic E-state index is 0. The number of rotatable bonds is 10. The van der Waals surface area contributed by atoms with Crippen LogP contribution in [0.25, 0.3) is 0 Å². The lowest BCUT2D eigenvalue weighted by atomic mass is 9.84. The second-order valence-electron chi connectivity index (χ2n) is 8.54. The lowest BCUT2D eigenvalue weighted by Crippen LogP contribution is -2.49. The van der Waals surface area contributed by atoms with E-state index in [1.54, 1.807) is 4.90 Å². The molecule has 1 saturated carbocycles. The molecule has 0 radical (unpaired) electrons. The molecule has 0 aliphatic heterocycles.